The molecule has 0 radical (unpaired) electrons. The van der Waals surface area contributed by atoms with Crippen molar-refractivity contribution in [2.45, 2.75) is 27.0 Å². The molecule has 1 aromatic heterocycles. The summed E-state index contributed by atoms with van der Waals surface area (Å²) in [5, 5.41) is 4.99. The van der Waals surface area contributed by atoms with Crippen LogP contribution in [-0.2, 0) is 13.2 Å². The second-order valence-corrected chi connectivity index (χ2v) is 6.34. The topological polar surface area (TPSA) is 53.1 Å². The molecule has 2 N–H and O–H groups in total. The highest BCUT2D eigenvalue weighted by atomic mass is 79.9. The van der Waals surface area contributed by atoms with Gasteiger partial charge in [-0.1, -0.05) is 11.6 Å². The smallest absolute Gasteiger partial charge is 0.157 e. The summed E-state index contributed by atoms with van der Waals surface area (Å²) in [5.41, 5.74) is 8.34. The van der Waals surface area contributed by atoms with E-state index in [-0.39, 0.29) is 0 Å². The van der Waals surface area contributed by atoms with Gasteiger partial charge in [-0.2, -0.15) is 5.10 Å². The van der Waals surface area contributed by atoms with Crippen molar-refractivity contribution in [3.05, 3.63) is 37.5 Å². The molecule has 20 heavy (non-hydrogen) atoms. The van der Waals surface area contributed by atoms with Crippen molar-refractivity contribution in [2.24, 2.45) is 0 Å². The van der Waals surface area contributed by atoms with Gasteiger partial charge in [0, 0.05) is 11.6 Å². The molecule has 0 saturated heterocycles. The quantitative estimate of drug-likeness (QED) is 0.734. The summed E-state index contributed by atoms with van der Waals surface area (Å²) in [6.07, 6.45) is 0. The summed E-state index contributed by atoms with van der Waals surface area (Å²) in [4.78, 5) is 0. The third-order valence-corrected chi connectivity index (χ3v) is 4.68. The van der Waals surface area contributed by atoms with Gasteiger partial charge in [0.2, 0.25) is 0 Å². The molecule has 2 aromatic rings. The van der Waals surface area contributed by atoms with E-state index in [2.05, 4.69) is 37.0 Å². The van der Waals surface area contributed by atoms with Crippen molar-refractivity contribution in [3.63, 3.8) is 0 Å². The molecule has 0 atom stereocenters. The van der Waals surface area contributed by atoms with Crippen LogP contribution in [0.25, 0.3) is 0 Å². The lowest BCUT2D eigenvalue weighted by Gasteiger charge is -2.12. The van der Waals surface area contributed by atoms with Gasteiger partial charge in [-0.05, 0) is 57.8 Å². The number of hydrogen-bond acceptors (Lipinski definition) is 3. The van der Waals surface area contributed by atoms with Gasteiger partial charge >= 0.3 is 0 Å². The molecule has 0 fully saturated rings. The van der Waals surface area contributed by atoms with Gasteiger partial charge in [0.15, 0.2) is 5.75 Å². The SMILES string of the molecule is CCn1nc(C)c(Br)c1COc1c(N)cc(Cl)cc1Br. The van der Waals surface area contributed by atoms with E-state index in [1.54, 1.807) is 12.1 Å². The van der Waals surface area contributed by atoms with Crippen molar-refractivity contribution in [2.75, 3.05) is 5.73 Å². The zero-order chi connectivity index (χ0) is 14.9. The number of halogens is 3. The normalized spacial score (nSPS) is 10.8. The van der Waals surface area contributed by atoms with Crippen molar-refractivity contribution in [3.8, 4) is 5.75 Å². The predicted octanol–water partition coefficient (Wildman–Crippen LogP) is 4.55. The number of nitrogens with two attached hydrogens (primary N) is 1. The highest BCUT2D eigenvalue weighted by Crippen LogP contribution is 2.35. The van der Waals surface area contributed by atoms with Crippen molar-refractivity contribution in [1.82, 2.24) is 9.78 Å². The first kappa shape index (κ1) is 15.7. The number of rotatable bonds is 4. The van der Waals surface area contributed by atoms with Gasteiger partial charge in [0.05, 0.1) is 26.0 Å². The minimum absolute atomic E-state index is 0.375. The number of ether oxygens (including phenoxy) is 1. The van der Waals surface area contributed by atoms with Crippen LogP contribution in [0.4, 0.5) is 5.69 Å². The molecule has 0 unspecified atom stereocenters. The Kier molecular flexibility index (Phi) is 4.99. The van der Waals surface area contributed by atoms with E-state index in [4.69, 9.17) is 22.1 Å². The largest absolute Gasteiger partial charge is 0.484 e. The monoisotopic (exact) mass is 421 g/mol. The van der Waals surface area contributed by atoms with Crippen molar-refractivity contribution >= 4 is 49.1 Å². The average molecular weight is 424 g/mol. The molecule has 0 spiro atoms. The molecule has 0 amide bonds. The van der Waals surface area contributed by atoms with Crippen LogP contribution < -0.4 is 10.5 Å². The molecule has 0 saturated carbocycles. The number of aryl methyl sites for hydroxylation is 2. The third kappa shape index (κ3) is 3.13. The van der Waals surface area contributed by atoms with Crippen LogP contribution >= 0.6 is 43.5 Å². The molecule has 4 nitrogen and oxygen atoms in total. The Hall–Kier alpha value is -0.720. The molecular weight excluding hydrogens is 409 g/mol. The van der Waals surface area contributed by atoms with E-state index < -0.39 is 0 Å². The number of nitrogens with zero attached hydrogens (tertiary/aromatic N) is 2. The number of anilines is 1. The Balaban J connectivity index is 2.26. The number of hydrogen-bond donors (Lipinski definition) is 1. The number of benzene rings is 1. The van der Waals surface area contributed by atoms with Crippen molar-refractivity contribution in [1.29, 1.82) is 0 Å². The molecule has 0 aliphatic heterocycles. The summed E-state index contributed by atoms with van der Waals surface area (Å²) >= 11 is 12.9. The van der Waals surface area contributed by atoms with E-state index >= 15 is 0 Å². The lowest BCUT2D eigenvalue weighted by Crippen LogP contribution is -2.07. The van der Waals surface area contributed by atoms with Crippen LogP contribution in [0.3, 0.4) is 0 Å². The van der Waals surface area contributed by atoms with Gasteiger partial charge in [-0.3, -0.25) is 4.68 Å². The zero-order valence-electron chi connectivity index (χ0n) is 11.1. The molecule has 1 heterocycles. The molecule has 0 aliphatic carbocycles. The van der Waals surface area contributed by atoms with Crippen LogP contribution in [0, 0.1) is 6.92 Å². The molecule has 0 bridgehead atoms. The summed E-state index contributed by atoms with van der Waals surface area (Å²) in [5.74, 6) is 0.586. The fourth-order valence-corrected chi connectivity index (χ4v) is 3.23. The molecular formula is C13H14Br2ClN3O. The van der Waals surface area contributed by atoms with Crippen LogP contribution in [0.5, 0.6) is 5.75 Å². The molecule has 1 aromatic carbocycles. The van der Waals surface area contributed by atoms with E-state index in [1.807, 2.05) is 18.5 Å². The van der Waals surface area contributed by atoms with Gasteiger partial charge in [-0.25, -0.2) is 0 Å². The second kappa shape index (κ2) is 6.37. The standard InChI is InChI=1S/C13H14Br2ClN3O/c1-3-19-11(12(15)7(2)18-19)6-20-13-9(14)4-8(16)5-10(13)17/h4-5H,3,6,17H2,1-2H3. The Morgan fingerprint density at radius 1 is 1.40 bits per heavy atom. The average Bonchev–Trinajstić information content (AvgIpc) is 2.64. The Morgan fingerprint density at radius 3 is 2.70 bits per heavy atom. The second-order valence-electron chi connectivity index (χ2n) is 4.26. The Morgan fingerprint density at radius 2 is 2.10 bits per heavy atom. The number of nitrogen functional groups attached to an aromatic ring is 1. The van der Waals surface area contributed by atoms with Gasteiger partial charge in [0.25, 0.3) is 0 Å². The first-order valence-corrected chi connectivity index (χ1v) is 7.99. The third-order valence-electron chi connectivity index (χ3n) is 2.84. The van der Waals surface area contributed by atoms with E-state index in [9.17, 15) is 0 Å². The van der Waals surface area contributed by atoms with Gasteiger partial charge in [0.1, 0.15) is 6.61 Å². The van der Waals surface area contributed by atoms with E-state index in [0.29, 0.717) is 23.1 Å². The molecule has 2 rings (SSSR count). The fraction of sp³-hybridized carbons (Fsp3) is 0.308. The summed E-state index contributed by atoms with van der Waals surface area (Å²) < 4.78 is 9.42. The lowest BCUT2D eigenvalue weighted by molar-refractivity contribution is 0.291. The Labute approximate surface area is 139 Å². The van der Waals surface area contributed by atoms with Gasteiger partial charge < -0.3 is 10.5 Å². The minimum atomic E-state index is 0.375. The summed E-state index contributed by atoms with van der Waals surface area (Å²) in [6, 6.07) is 3.42. The van der Waals surface area contributed by atoms with Crippen LogP contribution in [0.15, 0.2) is 21.1 Å². The Bertz CT molecular complexity index is 620. The maximum atomic E-state index is 5.93. The highest BCUT2D eigenvalue weighted by molar-refractivity contribution is 9.10. The zero-order valence-corrected chi connectivity index (χ0v) is 15.0. The minimum Gasteiger partial charge on any atom is -0.484 e. The van der Waals surface area contributed by atoms with E-state index in [1.165, 1.54) is 0 Å². The van der Waals surface area contributed by atoms with Crippen LogP contribution in [-0.4, -0.2) is 9.78 Å². The molecule has 0 aliphatic rings. The number of aromatic nitrogens is 2. The highest BCUT2D eigenvalue weighted by Gasteiger charge is 2.14. The van der Waals surface area contributed by atoms with E-state index in [0.717, 1.165) is 26.9 Å². The molecule has 7 heteroatoms. The maximum absolute atomic E-state index is 5.93. The fourth-order valence-electron chi connectivity index (χ4n) is 1.88. The van der Waals surface area contributed by atoms with Crippen molar-refractivity contribution < 1.29 is 4.74 Å². The first-order chi connectivity index (χ1) is 9.43. The maximum Gasteiger partial charge on any atom is 0.157 e. The summed E-state index contributed by atoms with van der Waals surface area (Å²) in [7, 11) is 0. The van der Waals surface area contributed by atoms with Gasteiger partial charge in [-0.15, -0.1) is 0 Å². The summed E-state index contributed by atoms with van der Waals surface area (Å²) in [6.45, 7) is 5.14. The lowest BCUT2D eigenvalue weighted by atomic mass is 10.3. The predicted molar refractivity (Wildman–Crippen MR) is 88.2 cm³/mol. The molecule has 108 valence electrons. The van der Waals surface area contributed by atoms with Crippen LogP contribution in [0.2, 0.25) is 5.02 Å². The first-order valence-electron chi connectivity index (χ1n) is 6.03. The van der Waals surface area contributed by atoms with Crippen LogP contribution in [0.1, 0.15) is 18.3 Å².